The van der Waals surface area contributed by atoms with Crippen molar-refractivity contribution in [2.45, 2.75) is 6.18 Å². The Morgan fingerprint density at radius 2 is 2.00 bits per heavy atom. The lowest BCUT2D eigenvalue weighted by molar-refractivity contribution is -0.143. The van der Waals surface area contributed by atoms with Gasteiger partial charge in [0.25, 0.3) is 5.56 Å². The Morgan fingerprint density at radius 1 is 1.32 bits per heavy atom. The standard InChI is InChI=1S/C14H8F3N3O4S/c1-20-10(14(15,16)17)8(11(21)18-13(20)24)5-2-3-7-6(4-5)9(12(22)23)19-25-7/h2-4H,1H3,(H,22,23)(H,18,21,24). The molecule has 2 heterocycles. The van der Waals surface area contributed by atoms with Crippen molar-refractivity contribution < 1.29 is 23.1 Å². The summed E-state index contributed by atoms with van der Waals surface area (Å²) in [6.45, 7) is 0. The van der Waals surface area contributed by atoms with Gasteiger partial charge < -0.3 is 5.11 Å². The zero-order valence-electron chi connectivity index (χ0n) is 12.3. The molecule has 0 atom stereocenters. The van der Waals surface area contributed by atoms with E-state index in [1.807, 2.05) is 4.98 Å². The molecule has 0 fully saturated rings. The van der Waals surface area contributed by atoms with Crippen LogP contribution in [0.2, 0.25) is 0 Å². The van der Waals surface area contributed by atoms with Crippen LogP contribution in [0.3, 0.4) is 0 Å². The SMILES string of the molecule is Cn1c(C(F)(F)F)c(-c2ccc3snc(C(=O)O)c3c2)c(=O)[nH]c1=O. The van der Waals surface area contributed by atoms with Crippen LogP contribution in [0.5, 0.6) is 0 Å². The molecule has 0 aliphatic carbocycles. The first-order valence-electron chi connectivity index (χ1n) is 6.65. The molecule has 0 bridgehead atoms. The number of aromatic carboxylic acids is 1. The van der Waals surface area contributed by atoms with E-state index in [-0.39, 0.29) is 16.6 Å². The minimum Gasteiger partial charge on any atom is -0.476 e. The summed E-state index contributed by atoms with van der Waals surface area (Å²) in [7, 11) is 0.887. The number of hydrogen-bond acceptors (Lipinski definition) is 5. The Labute approximate surface area is 140 Å². The number of carbonyl (C=O) groups is 1. The summed E-state index contributed by atoms with van der Waals surface area (Å²) in [5.74, 6) is -1.34. The third-order valence-corrected chi connectivity index (χ3v) is 4.38. The smallest absolute Gasteiger partial charge is 0.432 e. The number of carboxylic acids is 1. The summed E-state index contributed by atoms with van der Waals surface area (Å²) in [4.78, 5) is 36.6. The number of nitrogens with one attached hydrogen (secondary N) is 1. The summed E-state index contributed by atoms with van der Waals surface area (Å²) in [5, 5.41) is 9.21. The number of aromatic amines is 1. The number of alkyl halides is 3. The molecule has 25 heavy (non-hydrogen) atoms. The maximum atomic E-state index is 13.4. The van der Waals surface area contributed by atoms with E-state index >= 15 is 0 Å². The fourth-order valence-corrected chi connectivity index (χ4v) is 3.22. The molecule has 3 aromatic rings. The molecule has 2 N–H and O–H groups in total. The molecule has 0 radical (unpaired) electrons. The Balaban J connectivity index is 2.41. The van der Waals surface area contributed by atoms with Crippen molar-refractivity contribution >= 4 is 27.6 Å². The van der Waals surface area contributed by atoms with E-state index in [1.54, 1.807) is 0 Å². The van der Waals surface area contributed by atoms with Gasteiger partial charge in [-0.3, -0.25) is 14.3 Å². The van der Waals surface area contributed by atoms with E-state index in [9.17, 15) is 27.6 Å². The minimum absolute atomic E-state index is 0.108. The van der Waals surface area contributed by atoms with E-state index in [0.29, 0.717) is 9.27 Å². The summed E-state index contributed by atoms with van der Waals surface area (Å²) in [5.41, 5.74) is -5.09. The first-order valence-corrected chi connectivity index (χ1v) is 7.42. The maximum absolute atomic E-state index is 13.4. The van der Waals surface area contributed by atoms with Crippen molar-refractivity contribution in [1.29, 1.82) is 0 Å². The first-order chi connectivity index (χ1) is 11.6. The van der Waals surface area contributed by atoms with Crippen LogP contribution < -0.4 is 11.2 Å². The van der Waals surface area contributed by atoms with Crippen LogP contribution >= 0.6 is 11.5 Å². The van der Waals surface area contributed by atoms with Gasteiger partial charge in [-0.05, 0) is 29.2 Å². The van der Waals surface area contributed by atoms with E-state index in [4.69, 9.17) is 5.11 Å². The summed E-state index contributed by atoms with van der Waals surface area (Å²) >= 11 is 0.872. The number of halogens is 3. The van der Waals surface area contributed by atoms with Crippen molar-refractivity contribution in [2.75, 3.05) is 0 Å². The number of rotatable bonds is 2. The zero-order valence-corrected chi connectivity index (χ0v) is 13.2. The topological polar surface area (TPSA) is 105 Å². The predicted molar refractivity (Wildman–Crippen MR) is 82.9 cm³/mol. The van der Waals surface area contributed by atoms with E-state index in [2.05, 4.69) is 4.37 Å². The van der Waals surface area contributed by atoms with Gasteiger partial charge >= 0.3 is 17.8 Å². The van der Waals surface area contributed by atoms with Crippen LogP contribution in [0.1, 0.15) is 16.2 Å². The number of nitrogens with zero attached hydrogens (tertiary/aromatic N) is 2. The van der Waals surface area contributed by atoms with Gasteiger partial charge in [-0.2, -0.15) is 17.5 Å². The van der Waals surface area contributed by atoms with Gasteiger partial charge in [-0.25, -0.2) is 9.59 Å². The van der Waals surface area contributed by atoms with E-state index < -0.39 is 34.7 Å². The lowest BCUT2D eigenvalue weighted by atomic mass is 10.0. The number of fused-ring (bicyclic) bond motifs is 1. The highest BCUT2D eigenvalue weighted by Crippen LogP contribution is 2.35. The highest BCUT2D eigenvalue weighted by atomic mass is 32.1. The Morgan fingerprint density at radius 3 is 2.60 bits per heavy atom. The van der Waals surface area contributed by atoms with Crippen LogP contribution in [0.4, 0.5) is 13.2 Å². The van der Waals surface area contributed by atoms with Crippen molar-refractivity contribution in [3.05, 3.63) is 50.4 Å². The fraction of sp³-hybridized carbons (Fsp3) is 0.143. The average molecular weight is 371 g/mol. The second-order valence-electron chi connectivity index (χ2n) is 5.09. The van der Waals surface area contributed by atoms with Gasteiger partial charge in [-0.1, -0.05) is 6.07 Å². The summed E-state index contributed by atoms with van der Waals surface area (Å²) in [6, 6.07) is 3.77. The van der Waals surface area contributed by atoms with Crippen molar-refractivity contribution in [3.8, 4) is 11.1 Å². The summed E-state index contributed by atoms with van der Waals surface area (Å²) in [6.07, 6.45) is -4.96. The normalized spacial score (nSPS) is 11.8. The predicted octanol–water partition coefficient (Wildman–Crippen LogP) is 2.07. The minimum atomic E-state index is -4.96. The average Bonchev–Trinajstić information content (AvgIpc) is 2.92. The fourth-order valence-electron chi connectivity index (χ4n) is 2.47. The molecule has 0 unspecified atom stereocenters. The number of H-pyrrole nitrogens is 1. The molecule has 0 saturated carbocycles. The van der Waals surface area contributed by atoms with Crippen LogP contribution in [0.15, 0.2) is 27.8 Å². The molecule has 0 saturated heterocycles. The van der Waals surface area contributed by atoms with Crippen LogP contribution in [0, 0.1) is 0 Å². The molecule has 2 aromatic heterocycles. The molecule has 0 amide bonds. The Hall–Kier alpha value is -2.95. The lowest BCUT2D eigenvalue weighted by Gasteiger charge is -2.15. The van der Waals surface area contributed by atoms with Gasteiger partial charge in [0.05, 0.1) is 10.3 Å². The van der Waals surface area contributed by atoms with Gasteiger partial charge in [0.2, 0.25) is 0 Å². The maximum Gasteiger partial charge on any atom is 0.432 e. The number of carboxylic acid groups (broad SMARTS) is 1. The third-order valence-electron chi connectivity index (χ3n) is 3.55. The number of benzene rings is 1. The summed E-state index contributed by atoms with van der Waals surface area (Å²) < 4.78 is 44.7. The second-order valence-corrected chi connectivity index (χ2v) is 5.89. The molecule has 130 valence electrons. The van der Waals surface area contributed by atoms with Gasteiger partial charge in [-0.15, -0.1) is 0 Å². The Kier molecular flexibility index (Phi) is 3.75. The van der Waals surface area contributed by atoms with Gasteiger partial charge in [0.1, 0.15) is 5.69 Å². The largest absolute Gasteiger partial charge is 0.476 e. The van der Waals surface area contributed by atoms with Crippen LogP contribution in [0.25, 0.3) is 21.2 Å². The molecule has 0 spiro atoms. The first kappa shape index (κ1) is 16.9. The molecule has 0 aliphatic heterocycles. The zero-order chi connectivity index (χ0) is 18.5. The third kappa shape index (κ3) is 2.71. The molecular weight excluding hydrogens is 363 g/mol. The molecule has 3 rings (SSSR count). The van der Waals surface area contributed by atoms with Gasteiger partial charge in [0, 0.05) is 12.4 Å². The van der Waals surface area contributed by atoms with Crippen LogP contribution in [-0.2, 0) is 13.2 Å². The highest BCUT2D eigenvalue weighted by molar-refractivity contribution is 7.13. The molecule has 0 aliphatic rings. The lowest BCUT2D eigenvalue weighted by Crippen LogP contribution is -2.35. The van der Waals surface area contributed by atoms with Crippen molar-refractivity contribution in [2.24, 2.45) is 7.05 Å². The highest BCUT2D eigenvalue weighted by Gasteiger charge is 2.38. The van der Waals surface area contributed by atoms with E-state index in [1.165, 1.54) is 12.1 Å². The van der Waals surface area contributed by atoms with Crippen molar-refractivity contribution in [1.82, 2.24) is 13.9 Å². The van der Waals surface area contributed by atoms with Gasteiger partial charge in [0.15, 0.2) is 5.69 Å². The second kappa shape index (κ2) is 5.55. The van der Waals surface area contributed by atoms with Crippen molar-refractivity contribution in [3.63, 3.8) is 0 Å². The Bertz CT molecular complexity index is 1130. The molecule has 7 nitrogen and oxygen atoms in total. The molecular formula is C14H8F3N3O4S. The monoisotopic (exact) mass is 371 g/mol. The molecule has 11 heteroatoms. The number of aromatic nitrogens is 3. The van der Waals surface area contributed by atoms with Crippen LogP contribution in [-0.4, -0.2) is 25.0 Å². The van der Waals surface area contributed by atoms with E-state index in [0.717, 1.165) is 24.6 Å². The molecule has 1 aromatic carbocycles. The number of hydrogen-bond donors (Lipinski definition) is 2. The quantitative estimate of drug-likeness (QED) is 0.718.